The SMILES string of the molecule is CCN(CC)CCCn1cnnn1. The van der Waals surface area contributed by atoms with Gasteiger partial charge in [0, 0.05) is 6.54 Å². The van der Waals surface area contributed by atoms with Gasteiger partial charge in [0.15, 0.2) is 0 Å². The molecule has 1 heterocycles. The average Bonchev–Trinajstić information content (AvgIpc) is 2.65. The van der Waals surface area contributed by atoms with E-state index in [0.29, 0.717) is 0 Å². The van der Waals surface area contributed by atoms with Crippen LogP contribution in [0.4, 0.5) is 0 Å². The molecule has 0 fully saturated rings. The second kappa shape index (κ2) is 5.64. The highest BCUT2D eigenvalue weighted by molar-refractivity contribution is 4.53. The van der Waals surface area contributed by atoms with E-state index in [4.69, 9.17) is 0 Å². The van der Waals surface area contributed by atoms with E-state index in [1.807, 2.05) is 0 Å². The molecule has 0 spiro atoms. The van der Waals surface area contributed by atoms with Gasteiger partial charge in [-0.1, -0.05) is 13.8 Å². The zero-order valence-corrected chi connectivity index (χ0v) is 8.35. The van der Waals surface area contributed by atoms with Crippen LogP contribution in [-0.2, 0) is 6.54 Å². The molecule has 1 aromatic rings. The Morgan fingerprint density at radius 3 is 2.62 bits per heavy atom. The van der Waals surface area contributed by atoms with Crippen LogP contribution < -0.4 is 0 Å². The van der Waals surface area contributed by atoms with Crippen molar-refractivity contribution in [3.8, 4) is 0 Å². The minimum atomic E-state index is 0.906. The van der Waals surface area contributed by atoms with Gasteiger partial charge in [0.1, 0.15) is 6.33 Å². The summed E-state index contributed by atoms with van der Waals surface area (Å²) >= 11 is 0. The first-order valence-corrected chi connectivity index (χ1v) is 4.80. The molecule has 5 nitrogen and oxygen atoms in total. The normalized spacial score (nSPS) is 11.0. The summed E-state index contributed by atoms with van der Waals surface area (Å²) in [6, 6.07) is 0. The summed E-state index contributed by atoms with van der Waals surface area (Å²) in [7, 11) is 0. The van der Waals surface area contributed by atoms with Crippen molar-refractivity contribution in [2.45, 2.75) is 26.8 Å². The van der Waals surface area contributed by atoms with E-state index in [0.717, 1.165) is 32.6 Å². The van der Waals surface area contributed by atoms with Crippen LogP contribution in [-0.4, -0.2) is 44.7 Å². The third kappa shape index (κ3) is 3.50. The molecule has 0 aliphatic heterocycles. The van der Waals surface area contributed by atoms with E-state index in [9.17, 15) is 0 Å². The van der Waals surface area contributed by atoms with Crippen molar-refractivity contribution in [3.63, 3.8) is 0 Å². The minimum Gasteiger partial charge on any atom is -0.304 e. The van der Waals surface area contributed by atoms with Crippen molar-refractivity contribution in [3.05, 3.63) is 6.33 Å². The summed E-state index contributed by atoms with van der Waals surface area (Å²) in [6.07, 6.45) is 2.76. The smallest absolute Gasteiger partial charge is 0.138 e. The fraction of sp³-hybridized carbons (Fsp3) is 0.875. The maximum absolute atomic E-state index is 3.80. The highest BCUT2D eigenvalue weighted by atomic mass is 15.5. The predicted octanol–water partition coefficient (Wildman–Crippen LogP) is 0.405. The van der Waals surface area contributed by atoms with E-state index in [-0.39, 0.29) is 0 Å². The van der Waals surface area contributed by atoms with E-state index >= 15 is 0 Å². The Hall–Kier alpha value is -0.970. The van der Waals surface area contributed by atoms with Crippen molar-refractivity contribution in [2.75, 3.05) is 19.6 Å². The molecule has 0 saturated heterocycles. The van der Waals surface area contributed by atoms with Gasteiger partial charge < -0.3 is 4.90 Å². The molecule has 1 aromatic heterocycles. The van der Waals surface area contributed by atoms with Crippen LogP contribution in [0.15, 0.2) is 6.33 Å². The molecular weight excluding hydrogens is 166 g/mol. The monoisotopic (exact) mass is 183 g/mol. The van der Waals surface area contributed by atoms with Crippen LogP contribution in [0.1, 0.15) is 20.3 Å². The van der Waals surface area contributed by atoms with Gasteiger partial charge in [-0.2, -0.15) is 0 Å². The highest BCUT2D eigenvalue weighted by Crippen LogP contribution is 1.92. The van der Waals surface area contributed by atoms with Gasteiger partial charge in [-0.05, 0) is 36.5 Å². The Morgan fingerprint density at radius 2 is 2.08 bits per heavy atom. The Morgan fingerprint density at radius 1 is 1.31 bits per heavy atom. The fourth-order valence-corrected chi connectivity index (χ4v) is 1.28. The summed E-state index contributed by atoms with van der Waals surface area (Å²) in [5.74, 6) is 0. The van der Waals surface area contributed by atoms with Crippen LogP contribution in [0.2, 0.25) is 0 Å². The first-order valence-electron chi connectivity index (χ1n) is 4.80. The van der Waals surface area contributed by atoms with Crippen LogP contribution in [0, 0.1) is 0 Å². The molecular formula is C8H17N5. The average molecular weight is 183 g/mol. The van der Waals surface area contributed by atoms with Crippen LogP contribution in [0.3, 0.4) is 0 Å². The maximum atomic E-state index is 3.80. The summed E-state index contributed by atoms with van der Waals surface area (Å²) in [5, 5.41) is 11.0. The number of nitrogens with zero attached hydrogens (tertiary/aromatic N) is 5. The molecule has 74 valence electrons. The summed E-state index contributed by atoms with van der Waals surface area (Å²) < 4.78 is 1.77. The van der Waals surface area contributed by atoms with Gasteiger partial charge in [-0.25, -0.2) is 4.68 Å². The lowest BCUT2D eigenvalue weighted by atomic mass is 10.3. The van der Waals surface area contributed by atoms with Crippen molar-refractivity contribution in [2.24, 2.45) is 0 Å². The standard InChI is InChI=1S/C8H17N5/c1-3-12(4-2)6-5-7-13-8-9-10-11-13/h8H,3-7H2,1-2H3. The first-order chi connectivity index (χ1) is 6.36. The minimum absolute atomic E-state index is 0.906. The van der Waals surface area contributed by atoms with Gasteiger partial charge >= 0.3 is 0 Å². The van der Waals surface area contributed by atoms with Crippen LogP contribution >= 0.6 is 0 Å². The molecule has 0 atom stereocenters. The molecule has 0 aliphatic rings. The maximum Gasteiger partial charge on any atom is 0.138 e. The molecule has 5 heteroatoms. The van der Waals surface area contributed by atoms with E-state index < -0.39 is 0 Å². The second-order valence-corrected chi connectivity index (χ2v) is 2.95. The number of hydrogen-bond donors (Lipinski definition) is 0. The highest BCUT2D eigenvalue weighted by Gasteiger charge is 1.98. The quantitative estimate of drug-likeness (QED) is 0.640. The number of hydrogen-bond acceptors (Lipinski definition) is 4. The summed E-state index contributed by atoms with van der Waals surface area (Å²) in [5.41, 5.74) is 0. The summed E-state index contributed by atoms with van der Waals surface area (Å²) in [4.78, 5) is 2.39. The van der Waals surface area contributed by atoms with Crippen LogP contribution in [0.25, 0.3) is 0 Å². The molecule has 0 aromatic carbocycles. The van der Waals surface area contributed by atoms with Gasteiger partial charge in [0.25, 0.3) is 0 Å². The molecule has 0 aliphatic carbocycles. The van der Waals surface area contributed by atoms with E-state index in [1.165, 1.54) is 0 Å². The first kappa shape index (κ1) is 10.1. The predicted molar refractivity (Wildman–Crippen MR) is 50.2 cm³/mol. The third-order valence-corrected chi connectivity index (χ3v) is 2.15. The lowest BCUT2D eigenvalue weighted by molar-refractivity contribution is 0.290. The molecule has 0 amide bonds. The molecule has 1 rings (SSSR count). The number of aromatic nitrogens is 4. The topological polar surface area (TPSA) is 46.8 Å². The molecule has 0 bridgehead atoms. The van der Waals surface area contributed by atoms with Gasteiger partial charge in [-0.15, -0.1) is 5.10 Å². The molecule has 0 saturated carbocycles. The lowest BCUT2D eigenvalue weighted by Crippen LogP contribution is -2.24. The zero-order valence-electron chi connectivity index (χ0n) is 8.35. The van der Waals surface area contributed by atoms with E-state index in [2.05, 4.69) is 34.3 Å². The van der Waals surface area contributed by atoms with Crippen molar-refractivity contribution in [1.82, 2.24) is 25.1 Å². The Kier molecular flexibility index (Phi) is 4.39. The molecule has 0 N–H and O–H groups in total. The molecule has 0 radical (unpaired) electrons. The van der Waals surface area contributed by atoms with Crippen LogP contribution in [0.5, 0.6) is 0 Å². The van der Waals surface area contributed by atoms with Gasteiger partial charge in [0.2, 0.25) is 0 Å². The number of aryl methyl sites for hydroxylation is 1. The fourth-order valence-electron chi connectivity index (χ4n) is 1.28. The van der Waals surface area contributed by atoms with E-state index in [1.54, 1.807) is 11.0 Å². The van der Waals surface area contributed by atoms with Crippen molar-refractivity contribution in [1.29, 1.82) is 0 Å². The van der Waals surface area contributed by atoms with Gasteiger partial charge in [-0.3, -0.25) is 0 Å². The largest absolute Gasteiger partial charge is 0.304 e. The molecule has 13 heavy (non-hydrogen) atoms. The second-order valence-electron chi connectivity index (χ2n) is 2.95. The summed E-state index contributed by atoms with van der Waals surface area (Å²) in [6.45, 7) is 8.62. The Labute approximate surface area is 78.7 Å². The molecule has 0 unspecified atom stereocenters. The van der Waals surface area contributed by atoms with Crippen molar-refractivity contribution >= 4 is 0 Å². The third-order valence-electron chi connectivity index (χ3n) is 2.15. The lowest BCUT2D eigenvalue weighted by Gasteiger charge is -2.17. The number of rotatable bonds is 6. The number of tetrazole rings is 1. The Balaban J connectivity index is 2.13. The van der Waals surface area contributed by atoms with Gasteiger partial charge in [0.05, 0.1) is 0 Å². The zero-order chi connectivity index (χ0) is 9.52. The van der Waals surface area contributed by atoms with Crippen molar-refractivity contribution < 1.29 is 0 Å². The Bertz CT molecular complexity index is 204.